The molecule has 1 fully saturated rings. The molecule has 0 aliphatic carbocycles. The molecule has 180 valence electrons. The number of ether oxygens (including phenoxy) is 2. The average Bonchev–Trinajstić information content (AvgIpc) is 2.78. The molecule has 3 N–H and O–H groups in total. The van der Waals surface area contributed by atoms with E-state index in [0.717, 1.165) is 9.87 Å². The minimum absolute atomic E-state index is 0.0368. The first-order valence-electron chi connectivity index (χ1n) is 10.5. The zero-order valence-electron chi connectivity index (χ0n) is 18.8. The molecule has 12 heteroatoms. The van der Waals surface area contributed by atoms with Crippen molar-refractivity contribution in [1.29, 1.82) is 0 Å². The Morgan fingerprint density at radius 3 is 2.58 bits per heavy atom. The van der Waals surface area contributed by atoms with Crippen LogP contribution in [0.3, 0.4) is 0 Å². The number of hydrogen-bond donors (Lipinski definition) is 3. The second-order valence-corrected chi connectivity index (χ2v) is 9.67. The first kappa shape index (κ1) is 24.5. The molecule has 1 saturated heterocycles. The highest BCUT2D eigenvalue weighted by atomic mass is 32.2. The number of aryl methyl sites for hydroxylation is 1. The molecule has 11 nitrogen and oxygen atoms in total. The lowest BCUT2D eigenvalue weighted by Gasteiger charge is -2.31. The Hall–Kier alpha value is -3.12. The van der Waals surface area contributed by atoms with Crippen molar-refractivity contribution >= 4 is 15.9 Å². The Labute approximate surface area is 191 Å². The molecular weight excluding hydrogens is 452 g/mol. The molecule has 3 rings (SSSR count). The quantitative estimate of drug-likeness (QED) is 0.486. The molecule has 1 atom stereocenters. The van der Waals surface area contributed by atoms with E-state index >= 15 is 0 Å². The van der Waals surface area contributed by atoms with Crippen molar-refractivity contribution in [2.45, 2.75) is 31.1 Å². The van der Waals surface area contributed by atoms with Crippen molar-refractivity contribution in [3.63, 3.8) is 0 Å². The van der Waals surface area contributed by atoms with Gasteiger partial charge in [-0.25, -0.2) is 13.2 Å². The fourth-order valence-corrected chi connectivity index (χ4v) is 5.64. The zero-order valence-corrected chi connectivity index (χ0v) is 19.6. The van der Waals surface area contributed by atoms with Gasteiger partial charge in [0.25, 0.3) is 5.56 Å². The number of piperidine rings is 1. The third kappa shape index (κ3) is 5.45. The largest absolute Gasteiger partial charge is 0.493 e. The molecule has 1 aliphatic rings. The summed E-state index contributed by atoms with van der Waals surface area (Å²) in [5.41, 5.74) is -0.835. The van der Waals surface area contributed by atoms with Crippen molar-refractivity contribution in [1.82, 2.24) is 19.6 Å². The van der Waals surface area contributed by atoms with Crippen LogP contribution in [-0.2, 0) is 21.2 Å². The summed E-state index contributed by atoms with van der Waals surface area (Å²) in [7, 11) is -1.06. The van der Waals surface area contributed by atoms with Gasteiger partial charge in [0.1, 0.15) is 0 Å². The van der Waals surface area contributed by atoms with Gasteiger partial charge in [-0.05, 0) is 43.9 Å². The van der Waals surface area contributed by atoms with Crippen LogP contribution in [-0.4, -0.2) is 62.5 Å². The van der Waals surface area contributed by atoms with E-state index in [1.165, 1.54) is 6.92 Å². The highest BCUT2D eigenvalue weighted by Crippen LogP contribution is 2.27. The first-order valence-corrected chi connectivity index (χ1v) is 11.9. The summed E-state index contributed by atoms with van der Waals surface area (Å²) >= 11 is 0. The zero-order chi connectivity index (χ0) is 24.2. The SMILES string of the molecule is COc1ccc(CCNC(=O)[C@H]2CCCN(S(=O)(=O)c3c(C)[nH]c(=O)[nH]c3=O)C2)cc1OC. The summed E-state index contributed by atoms with van der Waals surface area (Å²) in [6.07, 6.45) is 1.58. The number of hydrogen-bond acceptors (Lipinski definition) is 7. The summed E-state index contributed by atoms with van der Waals surface area (Å²) in [4.78, 5) is 40.0. The molecule has 1 aromatic heterocycles. The standard InChI is InChI=1S/C21H28N4O7S/c1-13-18(20(27)24-21(28)23-13)33(29,30)25-10-4-5-15(12-25)19(26)22-9-8-14-6-7-16(31-2)17(11-14)32-3/h6-7,11,15H,4-5,8-10,12H2,1-3H3,(H,22,26)(H2,23,24,27,28)/t15-/m0/s1. The number of benzene rings is 1. The Kier molecular flexibility index (Phi) is 7.59. The van der Waals surface area contributed by atoms with Crippen LogP contribution in [0.15, 0.2) is 32.7 Å². The van der Waals surface area contributed by atoms with Crippen LogP contribution in [0, 0.1) is 12.8 Å². The minimum atomic E-state index is -4.17. The van der Waals surface area contributed by atoms with Gasteiger partial charge in [0, 0.05) is 25.3 Å². The highest BCUT2D eigenvalue weighted by molar-refractivity contribution is 7.89. The molecule has 2 aromatic rings. The molecule has 0 radical (unpaired) electrons. The maximum atomic E-state index is 13.1. The molecule has 1 aromatic carbocycles. The molecule has 0 unspecified atom stereocenters. The predicted octanol–water partition coefficient (Wildman–Crippen LogP) is 0.148. The number of carbonyl (C=O) groups is 1. The van der Waals surface area contributed by atoms with Gasteiger partial charge >= 0.3 is 5.69 Å². The minimum Gasteiger partial charge on any atom is -0.493 e. The van der Waals surface area contributed by atoms with E-state index in [4.69, 9.17) is 9.47 Å². The van der Waals surface area contributed by atoms with Gasteiger partial charge in [-0.3, -0.25) is 14.6 Å². The van der Waals surface area contributed by atoms with Crippen LogP contribution in [0.5, 0.6) is 11.5 Å². The fourth-order valence-electron chi connectivity index (χ4n) is 3.91. The van der Waals surface area contributed by atoms with E-state index < -0.39 is 32.1 Å². The normalized spacial score (nSPS) is 16.9. The van der Waals surface area contributed by atoms with E-state index in [9.17, 15) is 22.8 Å². The van der Waals surface area contributed by atoms with Crippen LogP contribution >= 0.6 is 0 Å². The van der Waals surface area contributed by atoms with Gasteiger partial charge in [0.05, 0.1) is 20.1 Å². The monoisotopic (exact) mass is 480 g/mol. The van der Waals surface area contributed by atoms with Gasteiger partial charge in [-0.15, -0.1) is 0 Å². The number of aromatic amines is 2. The number of nitrogens with zero attached hydrogens (tertiary/aromatic N) is 1. The van der Waals surface area contributed by atoms with E-state index in [1.54, 1.807) is 20.3 Å². The lowest BCUT2D eigenvalue weighted by Crippen LogP contribution is -2.47. The number of nitrogens with one attached hydrogen (secondary N) is 3. The lowest BCUT2D eigenvalue weighted by molar-refractivity contribution is -0.126. The molecule has 1 aliphatic heterocycles. The summed E-state index contributed by atoms with van der Waals surface area (Å²) in [6, 6.07) is 5.51. The number of aromatic nitrogens is 2. The molecule has 0 bridgehead atoms. The number of sulfonamides is 1. The summed E-state index contributed by atoms with van der Waals surface area (Å²) in [5, 5.41) is 2.86. The van der Waals surface area contributed by atoms with Gasteiger partial charge in [-0.2, -0.15) is 4.31 Å². The number of rotatable bonds is 8. The smallest absolute Gasteiger partial charge is 0.325 e. The van der Waals surface area contributed by atoms with Crippen molar-refractivity contribution < 1.29 is 22.7 Å². The maximum absolute atomic E-state index is 13.1. The fraction of sp³-hybridized carbons (Fsp3) is 0.476. The first-order chi connectivity index (χ1) is 15.7. The van der Waals surface area contributed by atoms with Gasteiger partial charge in [-0.1, -0.05) is 6.07 Å². The summed E-state index contributed by atoms with van der Waals surface area (Å²) in [5.74, 6) is 0.427. The average molecular weight is 481 g/mol. The molecule has 1 amide bonds. The van der Waals surface area contributed by atoms with Gasteiger partial charge < -0.3 is 19.8 Å². The van der Waals surface area contributed by atoms with Crippen molar-refractivity contribution in [2.75, 3.05) is 33.9 Å². The van der Waals surface area contributed by atoms with Crippen LogP contribution in [0.1, 0.15) is 24.1 Å². The van der Waals surface area contributed by atoms with E-state index in [-0.39, 0.29) is 24.7 Å². The second-order valence-electron chi connectivity index (χ2n) is 7.79. The Bertz CT molecular complexity index is 1240. The van der Waals surface area contributed by atoms with Crippen LogP contribution in [0.2, 0.25) is 0 Å². The second kappa shape index (κ2) is 10.2. The number of methoxy groups -OCH3 is 2. The third-order valence-electron chi connectivity index (χ3n) is 5.59. The molecule has 0 saturated carbocycles. The van der Waals surface area contributed by atoms with Crippen LogP contribution < -0.4 is 26.0 Å². The van der Waals surface area contributed by atoms with Crippen molar-refractivity contribution in [3.05, 3.63) is 50.3 Å². The Morgan fingerprint density at radius 1 is 1.18 bits per heavy atom. The molecule has 33 heavy (non-hydrogen) atoms. The molecule has 2 heterocycles. The summed E-state index contributed by atoms with van der Waals surface area (Å²) in [6.45, 7) is 1.88. The number of carbonyl (C=O) groups excluding carboxylic acids is 1. The Balaban J connectivity index is 1.64. The van der Waals surface area contributed by atoms with Gasteiger partial charge in [0.2, 0.25) is 15.9 Å². The highest BCUT2D eigenvalue weighted by Gasteiger charge is 2.35. The van der Waals surface area contributed by atoms with E-state index in [0.29, 0.717) is 37.3 Å². The number of H-pyrrole nitrogens is 2. The maximum Gasteiger partial charge on any atom is 0.325 e. The predicted molar refractivity (Wildman–Crippen MR) is 120 cm³/mol. The summed E-state index contributed by atoms with van der Waals surface area (Å²) < 4.78 is 37.7. The molecular formula is C21H28N4O7S. The van der Waals surface area contributed by atoms with Crippen LogP contribution in [0.4, 0.5) is 0 Å². The van der Waals surface area contributed by atoms with Crippen molar-refractivity contribution in [3.8, 4) is 11.5 Å². The molecule has 0 spiro atoms. The van der Waals surface area contributed by atoms with E-state index in [2.05, 4.69) is 10.3 Å². The van der Waals surface area contributed by atoms with Crippen molar-refractivity contribution in [2.24, 2.45) is 5.92 Å². The third-order valence-corrected chi connectivity index (χ3v) is 7.61. The van der Waals surface area contributed by atoms with Gasteiger partial charge in [0.15, 0.2) is 16.4 Å². The lowest BCUT2D eigenvalue weighted by atomic mass is 9.99. The number of amides is 1. The Morgan fingerprint density at radius 2 is 1.91 bits per heavy atom. The van der Waals surface area contributed by atoms with E-state index in [1.807, 2.05) is 17.1 Å². The van der Waals surface area contributed by atoms with Crippen LogP contribution in [0.25, 0.3) is 0 Å². The topological polar surface area (TPSA) is 151 Å².